The van der Waals surface area contributed by atoms with Gasteiger partial charge in [-0.05, 0) is 102 Å². The Hall–Kier alpha value is -10.3. The van der Waals surface area contributed by atoms with Crippen LogP contribution in [0.4, 0.5) is 0 Å². The van der Waals surface area contributed by atoms with E-state index in [0.717, 1.165) is 33.5 Å². The van der Waals surface area contributed by atoms with Crippen molar-refractivity contribution >= 4 is 72.4 Å². The van der Waals surface area contributed by atoms with Crippen molar-refractivity contribution in [2.45, 2.75) is 0 Å². The molecule has 2 nitrogen and oxygen atoms in total. The van der Waals surface area contributed by atoms with Crippen LogP contribution in [0.1, 0.15) is 0 Å². The molecule has 0 atom stereocenters. The molecule has 0 spiro atoms. The van der Waals surface area contributed by atoms with Gasteiger partial charge in [0.15, 0.2) is 8.07 Å². The van der Waals surface area contributed by atoms with Gasteiger partial charge < -0.3 is 9.13 Å². The lowest BCUT2D eigenvalue weighted by atomic mass is 9.95. The summed E-state index contributed by atoms with van der Waals surface area (Å²) in [5.74, 6) is 0. The minimum atomic E-state index is -3.29. The third-order valence-electron chi connectivity index (χ3n) is 16.6. The van der Waals surface area contributed by atoms with E-state index < -0.39 is 8.07 Å². The van der Waals surface area contributed by atoms with Crippen LogP contribution in [-0.2, 0) is 0 Å². The standard InChI is InChI=1S/C78H54N2Si/c1-8-27-55(28-9-1)60-49-61(56-29-10-2-11-30-56)51-65(50-60)81(63-37-18-6-19-38-63,64-39-20-7-21-40-64)66-53-71(57-31-12-3-13-32-57)78(72(54-66)58-33-14-4-15-34-58)80-75-46-25-23-42-69(75)73-52-59(47-48-76(73)80)67-43-26-44-70-68-41-22-24-45-74(68)79(77(67)70)62-35-16-5-17-36-62/h1-54H. The van der Waals surface area contributed by atoms with Gasteiger partial charge in [0.1, 0.15) is 0 Å². The van der Waals surface area contributed by atoms with Crippen LogP contribution in [0.5, 0.6) is 0 Å². The Kier molecular flexibility index (Phi) is 11.9. The molecule has 15 aromatic rings. The molecule has 15 rings (SSSR count). The summed E-state index contributed by atoms with van der Waals surface area (Å²) in [5, 5.41) is 10.1. The molecule has 2 aromatic heterocycles. The van der Waals surface area contributed by atoms with Crippen molar-refractivity contribution in [2.24, 2.45) is 0 Å². The van der Waals surface area contributed by atoms with Crippen molar-refractivity contribution < 1.29 is 0 Å². The van der Waals surface area contributed by atoms with Crippen LogP contribution in [0, 0.1) is 0 Å². The number of aromatic nitrogens is 2. The summed E-state index contributed by atoms with van der Waals surface area (Å²) >= 11 is 0. The average Bonchev–Trinajstić information content (AvgIpc) is 4.32. The third kappa shape index (κ3) is 8.08. The molecule has 0 unspecified atom stereocenters. The first kappa shape index (κ1) is 47.9. The number of para-hydroxylation sites is 4. The Labute approximate surface area is 473 Å². The summed E-state index contributed by atoms with van der Waals surface area (Å²) in [5.41, 5.74) is 18.8. The molecule has 0 bridgehead atoms. The monoisotopic (exact) mass is 1050 g/mol. The fourth-order valence-electron chi connectivity index (χ4n) is 13.1. The maximum atomic E-state index is 2.58. The van der Waals surface area contributed by atoms with Crippen LogP contribution in [0.15, 0.2) is 328 Å². The molecule has 0 aliphatic heterocycles. The second-order valence-corrected chi connectivity index (χ2v) is 24.9. The molecule has 380 valence electrons. The highest BCUT2D eigenvalue weighted by atomic mass is 28.3. The fourth-order valence-corrected chi connectivity index (χ4v) is 17.9. The van der Waals surface area contributed by atoms with Gasteiger partial charge in [0, 0.05) is 43.9 Å². The van der Waals surface area contributed by atoms with E-state index in [1.807, 2.05) is 0 Å². The van der Waals surface area contributed by atoms with Gasteiger partial charge in [-0.1, -0.05) is 285 Å². The van der Waals surface area contributed by atoms with Crippen molar-refractivity contribution in [1.82, 2.24) is 9.13 Å². The molecule has 0 amide bonds. The minimum absolute atomic E-state index is 1.14. The predicted octanol–water partition coefficient (Wildman–Crippen LogP) is 17.6. The number of hydrogen-bond acceptors (Lipinski definition) is 0. The summed E-state index contributed by atoms with van der Waals surface area (Å²) in [4.78, 5) is 0. The van der Waals surface area contributed by atoms with Crippen LogP contribution >= 0.6 is 0 Å². The Balaban J connectivity index is 1.05. The molecule has 0 fully saturated rings. The maximum absolute atomic E-state index is 3.29. The molecule has 0 saturated carbocycles. The minimum Gasteiger partial charge on any atom is -0.309 e. The van der Waals surface area contributed by atoms with E-state index in [-0.39, 0.29) is 0 Å². The summed E-state index contributed by atoms with van der Waals surface area (Å²) < 4.78 is 5.02. The summed E-state index contributed by atoms with van der Waals surface area (Å²) in [6, 6.07) is 122. The van der Waals surface area contributed by atoms with Gasteiger partial charge >= 0.3 is 0 Å². The van der Waals surface area contributed by atoms with Gasteiger partial charge in [0.2, 0.25) is 0 Å². The van der Waals surface area contributed by atoms with E-state index >= 15 is 0 Å². The first-order valence-electron chi connectivity index (χ1n) is 28.0. The summed E-state index contributed by atoms with van der Waals surface area (Å²) in [7, 11) is -3.29. The number of nitrogens with zero attached hydrogens (tertiary/aromatic N) is 2. The zero-order valence-corrected chi connectivity index (χ0v) is 45.6. The van der Waals surface area contributed by atoms with Gasteiger partial charge in [-0.25, -0.2) is 0 Å². The third-order valence-corrected chi connectivity index (χ3v) is 21.3. The molecular formula is C78H54N2Si. The van der Waals surface area contributed by atoms with Crippen LogP contribution < -0.4 is 20.7 Å². The van der Waals surface area contributed by atoms with Gasteiger partial charge in [-0.3, -0.25) is 0 Å². The van der Waals surface area contributed by atoms with Crippen LogP contribution in [0.3, 0.4) is 0 Å². The lowest BCUT2D eigenvalue weighted by Gasteiger charge is -2.36. The molecule has 13 aromatic carbocycles. The van der Waals surface area contributed by atoms with Crippen molar-refractivity contribution in [3.8, 4) is 67.0 Å². The first-order chi connectivity index (χ1) is 40.2. The van der Waals surface area contributed by atoms with Crippen molar-refractivity contribution in [3.05, 3.63) is 328 Å². The topological polar surface area (TPSA) is 9.86 Å². The lowest BCUT2D eigenvalue weighted by molar-refractivity contribution is 1.18. The van der Waals surface area contributed by atoms with Crippen LogP contribution in [0.25, 0.3) is 111 Å². The Bertz CT molecular complexity index is 4600. The van der Waals surface area contributed by atoms with Crippen LogP contribution in [0.2, 0.25) is 0 Å². The predicted molar refractivity (Wildman–Crippen MR) is 346 cm³/mol. The quantitative estimate of drug-likeness (QED) is 0.0902. The van der Waals surface area contributed by atoms with E-state index in [2.05, 4.69) is 337 Å². The van der Waals surface area contributed by atoms with E-state index in [4.69, 9.17) is 0 Å². The smallest absolute Gasteiger partial charge is 0.179 e. The Morgan fingerprint density at radius 1 is 0.210 bits per heavy atom. The highest BCUT2D eigenvalue weighted by molar-refractivity contribution is 7.20. The Morgan fingerprint density at radius 2 is 0.617 bits per heavy atom. The zero-order chi connectivity index (χ0) is 53.7. The normalized spacial score (nSPS) is 11.7. The fraction of sp³-hybridized carbons (Fsp3) is 0. The molecule has 0 N–H and O–H groups in total. The number of benzene rings is 13. The van der Waals surface area contributed by atoms with Gasteiger partial charge in [0.25, 0.3) is 0 Å². The molecule has 0 aliphatic carbocycles. The SMILES string of the molecule is c1ccc(-c2cc(-c3ccccc3)cc([Si](c3ccccc3)(c3ccccc3)c3cc(-c4ccccc4)c(-n4c5ccccc5c5cc(-c6cccc7c8ccccc8n(-c8ccccc8)c67)ccc54)c(-c4ccccc4)c3)c2)cc1. The van der Waals surface area contributed by atoms with Crippen molar-refractivity contribution in [1.29, 1.82) is 0 Å². The first-order valence-corrected chi connectivity index (χ1v) is 30.0. The maximum Gasteiger partial charge on any atom is 0.179 e. The summed E-state index contributed by atoms with van der Waals surface area (Å²) in [6.07, 6.45) is 0. The molecule has 3 heteroatoms. The van der Waals surface area contributed by atoms with Crippen LogP contribution in [-0.4, -0.2) is 17.2 Å². The van der Waals surface area contributed by atoms with E-state index in [0.29, 0.717) is 0 Å². The van der Waals surface area contributed by atoms with E-state index in [1.54, 1.807) is 0 Å². The number of hydrogen-bond donors (Lipinski definition) is 0. The zero-order valence-electron chi connectivity index (χ0n) is 44.6. The van der Waals surface area contributed by atoms with Crippen molar-refractivity contribution in [3.63, 3.8) is 0 Å². The highest BCUT2D eigenvalue weighted by Crippen LogP contribution is 2.44. The van der Waals surface area contributed by atoms with Gasteiger partial charge in [-0.2, -0.15) is 0 Å². The Morgan fingerprint density at radius 3 is 1.15 bits per heavy atom. The molecule has 0 aliphatic rings. The lowest BCUT2D eigenvalue weighted by Crippen LogP contribution is -2.74. The molecule has 0 radical (unpaired) electrons. The molecule has 2 heterocycles. The van der Waals surface area contributed by atoms with E-state index in [1.165, 1.54) is 97.8 Å². The largest absolute Gasteiger partial charge is 0.309 e. The number of rotatable bonds is 11. The van der Waals surface area contributed by atoms with E-state index in [9.17, 15) is 0 Å². The molecule has 81 heavy (non-hydrogen) atoms. The number of fused-ring (bicyclic) bond motifs is 6. The van der Waals surface area contributed by atoms with Crippen molar-refractivity contribution in [2.75, 3.05) is 0 Å². The second-order valence-electron chi connectivity index (χ2n) is 21.1. The highest BCUT2D eigenvalue weighted by Gasteiger charge is 2.43. The van der Waals surface area contributed by atoms with Gasteiger partial charge in [0.05, 0.1) is 27.8 Å². The summed E-state index contributed by atoms with van der Waals surface area (Å²) in [6.45, 7) is 0. The molecular weight excluding hydrogens is 993 g/mol. The average molecular weight is 1050 g/mol. The van der Waals surface area contributed by atoms with Gasteiger partial charge in [-0.15, -0.1) is 0 Å². The second kappa shape index (κ2) is 20.2. The molecule has 0 saturated heterocycles.